The zero-order valence-corrected chi connectivity index (χ0v) is 15.9. The maximum Gasteiger partial charge on any atom is 0.161 e. The van der Waals surface area contributed by atoms with Gasteiger partial charge in [-0.25, -0.2) is 0 Å². The van der Waals surface area contributed by atoms with Gasteiger partial charge in [-0.05, 0) is 66.0 Å². The number of hydrogen-bond donors (Lipinski definition) is 1. The Kier molecular flexibility index (Phi) is 4.54. The lowest BCUT2D eigenvalue weighted by molar-refractivity contribution is 0.353. The normalized spacial score (nSPS) is 15.3. The number of rotatable bonds is 3. The Bertz CT molecular complexity index is 800. The van der Waals surface area contributed by atoms with Crippen LogP contribution in [0.2, 0.25) is 0 Å². The number of nitrogens with one attached hydrogen (secondary N) is 1. The van der Waals surface area contributed by atoms with E-state index in [0.717, 1.165) is 33.7 Å². The summed E-state index contributed by atoms with van der Waals surface area (Å²) in [5, 5.41) is 3.46. The molecule has 0 saturated carbocycles. The quantitative estimate of drug-likeness (QED) is 0.831. The molecule has 0 spiro atoms. The van der Waals surface area contributed by atoms with Gasteiger partial charge in [0, 0.05) is 10.0 Å². The molecule has 1 aliphatic heterocycles. The molecule has 4 nitrogen and oxygen atoms in total. The largest absolute Gasteiger partial charge is 0.493 e. The molecule has 0 aliphatic carbocycles. The van der Waals surface area contributed by atoms with Crippen molar-refractivity contribution in [3.8, 4) is 11.5 Å². The summed E-state index contributed by atoms with van der Waals surface area (Å²) in [6, 6.07) is 12.1. The van der Waals surface area contributed by atoms with Crippen molar-refractivity contribution in [2.24, 2.45) is 4.99 Å². The molecular weight excluding hydrogens is 368 g/mol. The highest BCUT2D eigenvalue weighted by atomic mass is 79.9. The van der Waals surface area contributed by atoms with Crippen LogP contribution >= 0.6 is 15.9 Å². The van der Waals surface area contributed by atoms with E-state index in [1.807, 2.05) is 36.4 Å². The molecule has 0 amide bonds. The molecular formula is C19H21BrN2O2. The minimum absolute atomic E-state index is 0.184. The van der Waals surface area contributed by atoms with Gasteiger partial charge in [-0.2, -0.15) is 0 Å². The van der Waals surface area contributed by atoms with Crippen LogP contribution < -0.4 is 14.8 Å². The monoisotopic (exact) mass is 388 g/mol. The van der Waals surface area contributed by atoms with Crippen molar-refractivity contribution in [1.29, 1.82) is 0 Å². The number of benzene rings is 2. The first-order chi connectivity index (χ1) is 11.4. The lowest BCUT2D eigenvalue weighted by atomic mass is 9.88. The fraction of sp³-hybridized carbons (Fsp3) is 0.316. The molecule has 0 saturated heterocycles. The maximum absolute atomic E-state index is 5.46. The van der Waals surface area contributed by atoms with Crippen LogP contribution in [0.25, 0.3) is 0 Å². The summed E-state index contributed by atoms with van der Waals surface area (Å²) in [6.45, 7) is 4.27. The summed E-state index contributed by atoms with van der Waals surface area (Å²) in [4.78, 5) is 4.91. The number of nitrogens with zero attached hydrogens (tertiary/aromatic N) is 1. The SMILES string of the molecule is COc1cc2c(cc1OC)C(Nc1ccccc1Br)=NC(C)(C)C2. The molecule has 2 aromatic rings. The maximum atomic E-state index is 5.46. The van der Waals surface area contributed by atoms with Crippen molar-refractivity contribution in [2.45, 2.75) is 25.8 Å². The molecule has 1 N–H and O–H groups in total. The fourth-order valence-corrected chi connectivity index (χ4v) is 3.33. The molecule has 0 aromatic heterocycles. The second-order valence-corrected chi connectivity index (χ2v) is 7.27. The Morgan fingerprint density at radius 3 is 2.42 bits per heavy atom. The summed E-state index contributed by atoms with van der Waals surface area (Å²) in [7, 11) is 3.31. The summed E-state index contributed by atoms with van der Waals surface area (Å²) in [6.07, 6.45) is 0.851. The number of fused-ring (bicyclic) bond motifs is 1. The van der Waals surface area contributed by atoms with Crippen LogP contribution in [0.3, 0.4) is 0 Å². The number of halogens is 1. The number of hydrogen-bond acceptors (Lipinski definition) is 4. The van der Waals surface area contributed by atoms with Crippen molar-refractivity contribution in [3.63, 3.8) is 0 Å². The minimum atomic E-state index is -0.184. The second kappa shape index (κ2) is 6.48. The van der Waals surface area contributed by atoms with Gasteiger partial charge in [0.1, 0.15) is 5.84 Å². The third-order valence-corrected chi connectivity index (χ3v) is 4.72. The molecule has 2 aromatic carbocycles. The van der Waals surface area contributed by atoms with Crippen molar-refractivity contribution in [1.82, 2.24) is 0 Å². The van der Waals surface area contributed by atoms with Crippen molar-refractivity contribution in [3.05, 3.63) is 52.0 Å². The average Bonchev–Trinajstić information content (AvgIpc) is 2.54. The number of aliphatic imine (C=N–C) groups is 1. The minimum Gasteiger partial charge on any atom is -0.493 e. The lowest BCUT2D eigenvalue weighted by Gasteiger charge is -2.30. The van der Waals surface area contributed by atoms with Gasteiger partial charge in [-0.1, -0.05) is 12.1 Å². The molecule has 0 radical (unpaired) electrons. The van der Waals surface area contributed by atoms with Gasteiger partial charge in [0.25, 0.3) is 0 Å². The summed E-state index contributed by atoms with van der Waals surface area (Å²) in [5.74, 6) is 2.29. The molecule has 24 heavy (non-hydrogen) atoms. The predicted octanol–water partition coefficient (Wildman–Crippen LogP) is 4.66. The first-order valence-electron chi connectivity index (χ1n) is 7.80. The van der Waals surface area contributed by atoms with Gasteiger partial charge in [-0.3, -0.25) is 4.99 Å². The Labute approximate surface area is 151 Å². The first kappa shape index (κ1) is 16.8. The molecule has 5 heteroatoms. The highest BCUT2D eigenvalue weighted by Gasteiger charge is 2.28. The average molecular weight is 389 g/mol. The fourth-order valence-electron chi connectivity index (χ4n) is 2.94. The molecule has 1 heterocycles. The molecule has 0 bridgehead atoms. The topological polar surface area (TPSA) is 42.9 Å². The predicted molar refractivity (Wildman–Crippen MR) is 102 cm³/mol. The molecule has 3 rings (SSSR count). The summed E-state index contributed by atoms with van der Waals surface area (Å²) < 4.78 is 11.9. The molecule has 1 aliphatic rings. The van der Waals surface area contributed by atoms with E-state index in [1.165, 1.54) is 5.56 Å². The number of amidine groups is 1. The lowest BCUT2D eigenvalue weighted by Crippen LogP contribution is -2.32. The van der Waals surface area contributed by atoms with E-state index in [9.17, 15) is 0 Å². The van der Waals surface area contributed by atoms with Gasteiger partial charge in [0.15, 0.2) is 11.5 Å². The number of ether oxygens (including phenoxy) is 2. The summed E-state index contributed by atoms with van der Waals surface area (Å²) in [5.41, 5.74) is 3.04. The van der Waals surface area contributed by atoms with E-state index in [-0.39, 0.29) is 5.54 Å². The van der Waals surface area contributed by atoms with Crippen molar-refractivity contribution >= 4 is 27.5 Å². The van der Waals surface area contributed by atoms with Crippen LogP contribution in [0.5, 0.6) is 11.5 Å². The van der Waals surface area contributed by atoms with Crippen LogP contribution in [0.1, 0.15) is 25.0 Å². The standard InChI is InChI=1S/C19H21BrN2O2/c1-19(2)11-12-9-16(23-3)17(24-4)10-13(12)18(22-19)21-15-8-6-5-7-14(15)20/h5-10H,11H2,1-4H3,(H,21,22). The molecule has 0 fully saturated rings. The van der Waals surface area contributed by atoms with Gasteiger partial charge >= 0.3 is 0 Å². The first-order valence-corrected chi connectivity index (χ1v) is 8.59. The van der Waals surface area contributed by atoms with Crippen LogP contribution in [-0.2, 0) is 6.42 Å². The van der Waals surface area contributed by atoms with E-state index in [2.05, 4.69) is 35.1 Å². The van der Waals surface area contributed by atoms with Crippen LogP contribution in [0, 0.1) is 0 Å². The summed E-state index contributed by atoms with van der Waals surface area (Å²) >= 11 is 3.58. The zero-order valence-electron chi connectivity index (χ0n) is 14.3. The third kappa shape index (κ3) is 3.26. The van der Waals surface area contributed by atoms with Gasteiger partial charge < -0.3 is 14.8 Å². The van der Waals surface area contributed by atoms with E-state index in [4.69, 9.17) is 14.5 Å². The van der Waals surface area contributed by atoms with E-state index < -0.39 is 0 Å². The second-order valence-electron chi connectivity index (χ2n) is 6.42. The van der Waals surface area contributed by atoms with Crippen LogP contribution in [-0.4, -0.2) is 25.6 Å². The highest BCUT2D eigenvalue weighted by molar-refractivity contribution is 9.10. The molecule has 0 unspecified atom stereocenters. The Morgan fingerprint density at radius 1 is 1.08 bits per heavy atom. The third-order valence-electron chi connectivity index (χ3n) is 4.03. The number of anilines is 1. The Balaban J connectivity index is 2.09. The zero-order chi connectivity index (χ0) is 17.3. The van der Waals surface area contributed by atoms with Crippen molar-refractivity contribution < 1.29 is 9.47 Å². The van der Waals surface area contributed by atoms with Gasteiger partial charge in [0.05, 0.1) is 25.4 Å². The Morgan fingerprint density at radius 2 is 1.75 bits per heavy atom. The van der Waals surface area contributed by atoms with E-state index in [0.29, 0.717) is 5.75 Å². The van der Waals surface area contributed by atoms with E-state index >= 15 is 0 Å². The van der Waals surface area contributed by atoms with E-state index in [1.54, 1.807) is 14.2 Å². The molecule has 126 valence electrons. The van der Waals surface area contributed by atoms with Gasteiger partial charge in [0.2, 0.25) is 0 Å². The van der Waals surface area contributed by atoms with Gasteiger partial charge in [-0.15, -0.1) is 0 Å². The Hall–Kier alpha value is -2.01. The number of para-hydroxylation sites is 1. The van der Waals surface area contributed by atoms with Crippen molar-refractivity contribution in [2.75, 3.05) is 19.5 Å². The van der Waals surface area contributed by atoms with Crippen LogP contribution in [0.4, 0.5) is 5.69 Å². The number of methoxy groups -OCH3 is 2. The van der Waals surface area contributed by atoms with Crippen LogP contribution in [0.15, 0.2) is 45.9 Å². The molecule has 0 atom stereocenters. The highest BCUT2D eigenvalue weighted by Crippen LogP contribution is 2.36. The smallest absolute Gasteiger partial charge is 0.161 e.